The largest absolute Gasteiger partial charge is 0.378 e. The fourth-order valence-corrected chi connectivity index (χ4v) is 4.04. The van der Waals surface area contributed by atoms with Crippen molar-refractivity contribution in [2.75, 3.05) is 31.2 Å². The summed E-state index contributed by atoms with van der Waals surface area (Å²) in [6, 6.07) is 4.65. The molecule has 0 radical (unpaired) electrons. The number of rotatable bonds is 6. The highest BCUT2D eigenvalue weighted by atomic mass is 32.1. The number of thiophene rings is 1. The van der Waals surface area contributed by atoms with Gasteiger partial charge in [0.15, 0.2) is 0 Å². The van der Waals surface area contributed by atoms with E-state index in [1.165, 1.54) is 22.0 Å². The zero-order chi connectivity index (χ0) is 17.1. The first-order valence-electron chi connectivity index (χ1n) is 8.73. The Hall–Kier alpha value is -1.37. The molecule has 24 heavy (non-hydrogen) atoms. The number of hydrogen-bond donors (Lipinski definition) is 1. The molecule has 0 amide bonds. The molecule has 0 bridgehead atoms. The number of morpholine rings is 1. The van der Waals surface area contributed by atoms with Crippen LogP contribution in [0.3, 0.4) is 0 Å². The molecule has 2 aromatic rings. The van der Waals surface area contributed by atoms with Crippen molar-refractivity contribution in [3.63, 3.8) is 0 Å². The van der Waals surface area contributed by atoms with E-state index in [1.807, 2.05) is 4.68 Å². The van der Waals surface area contributed by atoms with E-state index in [0.717, 1.165) is 32.8 Å². The number of nitrogens with one attached hydrogen (secondary N) is 1. The first kappa shape index (κ1) is 17.5. The molecule has 1 saturated heterocycles. The lowest BCUT2D eigenvalue weighted by molar-refractivity contribution is 0.122. The van der Waals surface area contributed by atoms with Gasteiger partial charge in [-0.05, 0) is 24.3 Å². The Balaban J connectivity index is 1.83. The Morgan fingerprint density at radius 3 is 2.67 bits per heavy atom. The Kier molecular flexibility index (Phi) is 5.58. The van der Waals surface area contributed by atoms with Crippen LogP contribution >= 0.6 is 11.3 Å². The van der Waals surface area contributed by atoms with E-state index in [1.54, 1.807) is 11.3 Å². The minimum absolute atomic E-state index is 0.350. The number of ether oxygens (including phenoxy) is 1. The molecule has 1 aliphatic rings. The van der Waals surface area contributed by atoms with Crippen LogP contribution in [0.15, 0.2) is 17.5 Å². The standard InChI is InChI=1S/C18H28N4OS/c1-13(2)17-15(12-19-14(3)16-6-5-11-24-16)18(21(4)20-17)22-7-9-23-10-8-22/h5-6,11,13-14,19H,7-10,12H2,1-4H3/t14-/m1/s1. The van der Waals surface area contributed by atoms with Gasteiger partial charge in [-0.15, -0.1) is 11.3 Å². The number of hydrogen-bond acceptors (Lipinski definition) is 5. The molecule has 0 saturated carbocycles. The highest BCUT2D eigenvalue weighted by molar-refractivity contribution is 7.10. The second-order valence-electron chi connectivity index (χ2n) is 6.68. The van der Waals surface area contributed by atoms with Crippen LogP contribution in [-0.2, 0) is 18.3 Å². The van der Waals surface area contributed by atoms with E-state index in [9.17, 15) is 0 Å². The van der Waals surface area contributed by atoms with Crippen molar-refractivity contribution in [2.45, 2.75) is 39.3 Å². The second kappa shape index (κ2) is 7.68. The van der Waals surface area contributed by atoms with E-state index >= 15 is 0 Å². The van der Waals surface area contributed by atoms with E-state index in [4.69, 9.17) is 9.84 Å². The van der Waals surface area contributed by atoms with Crippen molar-refractivity contribution in [1.29, 1.82) is 0 Å². The van der Waals surface area contributed by atoms with Gasteiger partial charge in [0.05, 0.1) is 18.9 Å². The molecule has 132 valence electrons. The molecule has 0 aliphatic carbocycles. The quantitative estimate of drug-likeness (QED) is 0.870. The van der Waals surface area contributed by atoms with Gasteiger partial charge in [0.1, 0.15) is 5.82 Å². The topological polar surface area (TPSA) is 42.3 Å². The zero-order valence-corrected chi connectivity index (χ0v) is 15.9. The van der Waals surface area contributed by atoms with Gasteiger partial charge in [0.2, 0.25) is 0 Å². The van der Waals surface area contributed by atoms with Crippen LogP contribution in [-0.4, -0.2) is 36.1 Å². The molecule has 3 rings (SSSR count). The lowest BCUT2D eigenvalue weighted by atomic mass is 10.0. The summed E-state index contributed by atoms with van der Waals surface area (Å²) in [4.78, 5) is 3.78. The minimum Gasteiger partial charge on any atom is -0.378 e. The summed E-state index contributed by atoms with van der Waals surface area (Å²) in [5.41, 5.74) is 2.53. The SMILES string of the molecule is CC(C)c1nn(C)c(N2CCOCC2)c1CN[C@H](C)c1cccs1. The molecular weight excluding hydrogens is 320 g/mol. The van der Waals surface area contributed by atoms with Crippen LogP contribution in [0.2, 0.25) is 0 Å². The molecule has 5 nitrogen and oxygen atoms in total. The van der Waals surface area contributed by atoms with Gasteiger partial charge < -0.3 is 15.0 Å². The van der Waals surface area contributed by atoms with Gasteiger partial charge in [0.25, 0.3) is 0 Å². The first-order valence-corrected chi connectivity index (χ1v) is 9.61. The summed E-state index contributed by atoms with van der Waals surface area (Å²) in [6.45, 7) is 11.0. The van der Waals surface area contributed by atoms with Crippen LogP contribution in [0.4, 0.5) is 5.82 Å². The molecule has 1 N–H and O–H groups in total. The number of nitrogens with zero attached hydrogens (tertiary/aromatic N) is 3. The Morgan fingerprint density at radius 1 is 1.29 bits per heavy atom. The van der Waals surface area contributed by atoms with Gasteiger partial charge in [-0.25, -0.2) is 0 Å². The summed E-state index contributed by atoms with van der Waals surface area (Å²) >= 11 is 1.80. The van der Waals surface area contributed by atoms with Crippen molar-refractivity contribution in [3.8, 4) is 0 Å². The van der Waals surface area contributed by atoms with Crippen LogP contribution in [0.1, 0.15) is 48.9 Å². The van der Waals surface area contributed by atoms with E-state index in [2.05, 4.69) is 55.5 Å². The van der Waals surface area contributed by atoms with Crippen LogP contribution in [0, 0.1) is 0 Å². The molecular formula is C18H28N4OS. The van der Waals surface area contributed by atoms with Crippen LogP contribution in [0.5, 0.6) is 0 Å². The maximum atomic E-state index is 5.52. The van der Waals surface area contributed by atoms with Crippen molar-refractivity contribution >= 4 is 17.2 Å². The van der Waals surface area contributed by atoms with Crippen LogP contribution in [0.25, 0.3) is 0 Å². The molecule has 3 heterocycles. The highest BCUT2D eigenvalue weighted by Gasteiger charge is 2.24. The van der Waals surface area contributed by atoms with Crippen LogP contribution < -0.4 is 10.2 Å². The molecule has 0 spiro atoms. The summed E-state index contributed by atoms with van der Waals surface area (Å²) in [5, 5.41) is 10.6. The highest BCUT2D eigenvalue weighted by Crippen LogP contribution is 2.30. The van der Waals surface area contributed by atoms with Crippen molar-refractivity contribution < 1.29 is 4.74 Å². The average Bonchev–Trinajstić information content (AvgIpc) is 3.21. The molecule has 0 unspecified atom stereocenters. The van der Waals surface area contributed by atoms with E-state index in [0.29, 0.717) is 12.0 Å². The summed E-state index contributed by atoms with van der Waals surface area (Å²) < 4.78 is 7.57. The lowest BCUT2D eigenvalue weighted by Crippen LogP contribution is -2.38. The van der Waals surface area contributed by atoms with Gasteiger partial charge in [-0.1, -0.05) is 19.9 Å². The third-order valence-corrected chi connectivity index (χ3v) is 5.61. The van der Waals surface area contributed by atoms with Crippen molar-refractivity contribution in [1.82, 2.24) is 15.1 Å². The smallest absolute Gasteiger partial charge is 0.131 e. The van der Waals surface area contributed by atoms with Gasteiger partial charge in [-0.2, -0.15) is 5.10 Å². The molecule has 0 aromatic carbocycles. The Bertz CT molecular complexity index is 644. The molecule has 1 fully saturated rings. The number of aromatic nitrogens is 2. The summed E-state index contributed by atoms with van der Waals surface area (Å²) in [5.74, 6) is 1.66. The van der Waals surface area contributed by atoms with E-state index in [-0.39, 0.29) is 0 Å². The van der Waals surface area contributed by atoms with E-state index < -0.39 is 0 Å². The molecule has 6 heteroatoms. The summed E-state index contributed by atoms with van der Waals surface area (Å²) in [6.07, 6.45) is 0. The monoisotopic (exact) mass is 348 g/mol. The predicted molar refractivity (Wildman–Crippen MR) is 99.9 cm³/mol. The first-order chi connectivity index (χ1) is 11.6. The summed E-state index contributed by atoms with van der Waals surface area (Å²) in [7, 11) is 2.06. The average molecular weight is 349 g/mol. The fourth-order valence-electron chi connectivity index (χ4n) is 3.28. The second-order valence-corrected chi connectivity index (χ2v) is 7.66. The maximum Gasteiger partial charge on any atom is 0.131 e. The van der Waals surface area contributed by atoms with Gasteiger partial charge in [0, 0.05) is 43.2 Å². The minimum atomic E-state index is 0.350. The Labute approximate surface area is 148 Å². The van der Waals surface area contributed by atoms with Crippen molar-refractivity contribution in [3.05, 3.63) is 33.6 Å². The molecule has 1 aliphatic heterocycles. The molecule has 2 aromatic heterocycles. The number of aryl methyl sites for hydroxylation is 1. The fraction of sp³-hybridized carbons (Fsp3) is 0.611. The lowest BCUT2D eigenvalue weighted by Gasteiger charge is -2.30. The normalized spacial score (nSPS) is 16.8. The van der Waals surface area contributed by atoms with Gasteiger partial charge in [-0.3, -0.25) is 4.68 Å². The third kappa shape index (κ3) is 3.66. The van der Waals surface area contributed by atoms with Gasteiger partial charge >= 0.3 is 0 Å². The zero-order valence-electron chi connectivity index (χ0n) is 15.1. The number of anilines is 1. The third-order valence-electron chi connectivity index (χ3n) is 4.56. The van der Waals surface area contributed by atoms with Crippen molar-refractivity contribution in [2.24, 2.45) is 7.05 Å². The predicted octanol–water partition coefficient (Wildman–Crippen LogP) is 3.29. The Morgan fingerprint density at radius 2 is 2.04 bits per heavy atom. The maximum absolute atomic E-state index is 5.52. The molecule has 1 atom stereocenters.